The van der Waals surface area contributed by atoms with Gasteiger partial charge in [-0.05, 0) is 45.0 Å². The van der Waals surface area contributed by atoms with Crippen LogP contribution in [0, 0.1) is 5.92 Å². The summed E-state index contributed by atoms with van der Waals surface area (Å²) in [6.07, 6.45) is 2.12. The number of hydrogen-bond acceptors (Lipinski definition) is 4. The molecule has 0 atom stereocenters. The van der Waals surface area contributed by atoms with E-state index < -0.39 is 0 Å². The first-order valence-corrected chi connectivity index (χ1v) is 6.73. The van der Waals surface area contributed by atoms with E-state index in [4.69, 9.17) is 5.73 Å². The molecule has 0 saturated carbocycles. The number of aromatic nitrogens is 1. The summed E-state index contributed by atoms with van der Waals surface area (Å²) in [5.74, 6) is 1.08. The number of nitrogens with zero attached hydrogens (tertiary/aromatic N) is 3. The third-order valence-corrected chi connectivity index (χ3v) is 3.51. The maximum Gasteiger partial charge on any atom is 0.272 e. The summed E-state index contributed by atoms with van der Waals surface area (Å²) in [6, 6.07) is 5.19. The predicted molar refractivity (Wildman–Crippen MR) is 75.8 cm³/mol. The Balaban J connectivity index is 1.92. The fourth-order valence-corrected chi connectivity index (χ4v) is 2.57. The van der Waals surface area contributed by atoms with Crippen LogP contribution in [0.2, 0.25) is 0 Å². The molecule has 104 valence electrons. The van der Waals surface area contributed by atoms with E-state index in [1.807, 2.05) is 4.90 Å². The Kier molecular flexibility index (Phi) is 4.37. The number of carbonyl (C=O) groups is 1. The van der Waals surface area contributed by atoms with E-state index >= 15 is 0 Å². The zero-order valence-corrected chi connectivity index (χ0v) is 11.7. The van der Waals surface area contributed by atoms with Gasteiger partial charge in [0.1, 0.15) is 11.5 Å². The van der Waals surface area contributed by atoms with Gasteiger partial charge < -0.3 is 15.5 Å². The molecule has 0 radical (unpaired) electrons. The number of piperidine rings is 1. The van der Waals surface area contributed by atoms with Crippen LogP contribution in [0.25, 0.3) is 0 Å². The Morgan fingerprint density at radius 3 is 2.68 bits per heavy atom. The molecular formula is C14H22N4O. The number of nitrogen functional groups attached to an aromatic ring is 1. The monoisotopic (exact) mass is 262 g/mol. The van der Waals surface area contributed by atoms with Crippen molar-refractivity contribution in [2.75, 3.05) is 39.5 Å². The summed E-state index contributed by atoms with van der Waals surface area (Å²) < 4.78 is 0. The molecule has 1 aliphatic rings. The lowest BCUT2D eigenvalue weighted by atomic mass is 9.96. The van der Waals surface area contributed by atoms with Gasteiger partial charge in [0, 0.05) is 19.6 Å². The van der Waals surface area contributed by atoms with E-state index in [0.717, 1.165) is 32.5 Å². The number of pyridine rings is 1. The second kappa shape index (κ2) is 6.02. The summed E-state index contributed by atoms with van der Waals surface area (Å²) in [7, 11) is 4.18. The van der Waals surface area contributed by atoms with Gasteiger partial charge in [0.15, 0.2) is 0 Å². The number of rotatable bonds is 3. The molecule has 1 saturated heterocycles. The normalized spacial score (nSPS) is 16.9. The van der Waals surface area contributed by atoms with Crippen molar-refractivity contribution < 1.29 is 4.79 Å². The molecule has 0 spiro atoms. The van der Waals surface area contributed by atoms with Crippen LogP contribution in [-0.2, 0) is 0 Å². The standard InChI is InChI=1S/C14H22N4O/c1-17(2)10-11-6-8-18(9-7-11)14(19)12-4-3-5-13(15)16-12/h3-5,11H,6-10H2,1-2H3,(H2,15,16). The van der Waals surface area contributed by atoms with Crippen molar-refractivity contribution in [3.05, 3.63) is 23.9 Å². The molecule has 2 rings (SSSR count). The smallest absolute Gasteiger partial charge is 0.272 e. The van der Waals surface area contributed by atoms with Crippen LogP contribution in [-0.4, -0.2) is 54.4 Å². The molecule has 1 amide bonds. The highest BCUT2D eigenvalue weighted by Crippen LogP contribution is 2.19. The minimum absolute atomic E-state index is 0.00407. The van der Waals surface area contributed by atoms with Crippen LogP contribution in [0.4, 0.5) is 5.82 Å². The first kappa shape index (κ1) is 13.8. The SMILES string of the molecule is CN(C)CC1CCN(C(=O)c2cccc(N)n2)CC1. The molecule has 1 aromatic heterocycles. The van der Waals surface area contributed by atoms with Gasteiger partial charge in [0.2, 0.25) is 0 Å². The molecule has 0 aliphatic carbocycles. The Bertz CT molecular complexity index is 439. The van der Waals surface area contributed by atoms with Gasteiger partial charge in [-0.25, -0.2) is 4.98 Å². The van der Waals surface area contributed by atoms with Crippen LogP contribution in [0.5, 0.6) is 0 Å². The molecule has 5 heteroatoms. The van der Waals surface area contributed by atoms with Crippen LogP contribution < -0.4 is 5.73 Å². The third kappa shape index (κ3) is 3.67. The van der Waals surface area contributed by atoms with Crippen molar-refractivity contribution in [2.24, 2.45) is 5.92 Å². The van der Waals surface area contributed by atoms with Crippen LogP contribution in [0.15, 0.2) is 18.2 Å². The zero-order chi connectivity index (χ0) is 13.8. The lowest BCUT2D eigenvalue weighted by Crippen LogP contribution is -2.40. The fourth-order valence-electron chi connectivity index (χ4n) is 2.57. The maximum absolute atomic E-state index is 12.3. The average Bonchev–Trinajstić information content (AvgIpc) is 2.38. The van der Waals surface area contributed by atoms with Crippen molar-refractivity contribution in [1.29, 1.82) is 0 Å². The molecule has 19 heavy (non-hydrogen) atoms. The van der Waals surface area contributed by atoms with Gasteiger partial charge in [-0.2, -0.15) is 0 Å². The van der Waals surface area contributed by atoms with E-state index in [9.17, 15) is 4.79 Å². The summed E-state index contributed by atoms with van der Waals surface area (Å²) in [6.45, 7) is 2.72. The molecule has 1 fully saturated rings. The van der Waals surface area contributed by atoms with E-state index in [1.165, 1.54) is 0 Å². The topological polar surface area (TPSA) is 62.5 Å². The van der Waals surface area contributed by atoms with Gasteiger partial charge in [0.05, 0.1) is 0 Å². The van der Waals surface area contributed by atoms with E-state index in [-0.39, 0.29) is 5.91 Å². The third-order valence-electron chi connectivity index (χ3n) is 3.51. The number of hydrogen-bond donors (Lipinski definition) is 1. The molecule has 5 nitrogen and oxygen atoms in total. The van der Waals surface area contributed by atoms with E-state index in [2.05, 4.69) is 24.0 Å². The first-order valence-electron chi connectivity index (χ1n) is 6.73. The van der Waals surface area contributed by atoms with Gasteiger partial charge in [-0.15, -0.1) is 0 Å². The van der Waals surface area contributed by atoms with E-state index in [1.54, 1.807) is 18.2 Å². The molecule has 2 heterocycles. The van der Waals surface area contributed by atoms with Crippen molar-refractivity contribution in [2.45, 2.75) is 12.8 Å². The minimum atomic E-state index is -0.00407. The van der Waals surface area contributed by atoms with Crippen molar-refractivity contribution >= 4 is 11.7 Å². The number of anilines is 1. The summed E-state index contributed by atoms with van der Waals surface area (Å²) >= 11 is 0. The van der Waals surface area contributed by atoms with Gasteiger partial charge >= 0.3 is 0 Å². The summed E-state index contributed by atoms with van der Waals surface area (Å²) in [5.41, 5.74) is 6.07. The Hall–Kier alpha value is -1.62. The van der Waals surface area contributed by atoms with Crippen LogP contribution >= 0.6 is 0 Å². The minimum Gasteiger partial charge on any atom is -0.384 e. The molecule has 1 aromatic rings. The highest BCUT2D eigenvalue weighted by Gasteiger charge is 2.24. The number of amides is 1. The molecule has 0 aromatic carbocycles. The summed E-state index contributed by atoms with van der Waals surface area (Å²) in [4.78, 5) is 20.5. The Morgan fingerprint density at radius 2 is 2.11 bits per heavy atom. The largest absolute Gasteiger partial charge is 0.384 e. The van der Waals surface area contributed by atoms with Gasteiger partial charge in [0.25, 0.3) is 5.91 Å². The number of nitrogens with two attached hydrogens (primary N) is 1. The van der Waals surface area contributed by atoms with Crippen molar-refractivity contribution in [1.82, 2.24) is 14.8 Å². The molecule has 1 aliphatic heterocycles. The quantitative estimate of drug-likeness (QED) is 0.885. The second-order valence-electron chi connectivity index (χ2n) is 5.45. The summed E-state index contributed by atoms with van der Waals surface area (Å²) in [5, 5.41) is 0. The number of likely N-dealkylation sites (tertiary alicyclic amines) is 1. The second-order valence-corrected chi connectivity index (χ2v) is 5.45. The molecule has 2 N–H and O–H groups in total. The lowest BCUT2D eigenvalue weighted by molar-refractivity contribution is 0.0672. The highest BCUT2D eigenvalue weighted by molar-refractivity contribution is 5.92. The zero-order valence-electron chi connectivity index (χ0n) is 11.7. The highest BCUT2D eigenvalue weighted by atomic mass is 16.2. The fraction of sp³-hybridized carbons (Fsp3) is 0.571. The lowest BCUT2D eigenvalue weighted by Gasteiger charge is -2.33. The maximum atomic E-state index is 12.3. The van der Waals surface area contributed by atoms with Gasteiger partial charge in [-0.1, -0.05) is 6.07 Å². The molecule has 0 unspecified atom stereocenters. The average molecular weight is 262 g/mol. The molecular weight excluding hydrogens is 240 g/mol. The Morgan fingerprint density at radius 1 is 1.42 bits per heavy atom. The van der Waals surface area contributed by atoms with Crippen LogP contribution in [0.1, 0.15) is 23.3 Å². The Labute approximate surface area is 114 Å². The predicted octanol–water partition coefficient (Wildman–Crippen LogP) is 1.08. The molecule has 0 bridgehead atoms. The van der Waals surface area contributed by atoms with Gasteiger partial charge in [-0.3, -0.25) is 4.79 Å². The van der Waals surface area contributed by atoms with Crippen molar-refractivity contribution in [3.63, 3.8) is 0 Å². The first-order chi connectivity index (χ1) is 9.06. The van der Waals surface area contributed by atoms with Crippen LogP contribution in [0.3, 0.4) is 0 Å². The van der Waals surface area contributed by atoms with E-state index in [0.29, 0.717) is 17.4 Å². The van der Waals surface area contributed by atoms with Crippen molar-refractivity contribution in [3.8, 4) is 0 Å². The number of carbonyl (C=O) groups excluding carboxylic acids is 1.